The molecule has 0 aliphatic carbocycles. The number of rotatable bonds is 3. The summed E-state index contributed by atoms with van der Waals surface area (Å²) in [4.78, 5) is 14.7. The van der Waals surface area contributed by atoms with Gasteiger partial charge in [-0.3, -0.25) is 4.79 Å². The second kappa shape index (κ2) is 7.91. The van der Waals surface area contributed by atoms with Crippen LogP contribution in [0.15, 0.2) is 54.6 Å². The Morgan fingerprint density at radius 3 is 2.50 bits per heavy atom. The van der Waals surface area contributed by atoms with Gasteiger partial charge in [-0.05, 0) is 49.6 Å². The van der Waals surface area contributed by atoms with Crippen LogP contribution in [0.4, 0.5) is 0 Å². The summed E-state index contributed by atoms with van der Waals surface area (Å²) >= 11 is 0. The van der Waals surface area contributed by atoms with Crippen molar-refractivity contribution >= 4 is 5.91 Å². The minimum atomic E-state index is -0.902. The van der Waals surface area contributed by atoms with Crippen LogP contribution in [0.5, 0.6) is 11.5 Å². The molecule has 148 valence electrons. The third-order valence-electron chi connectivity index (χ3n) is 5.66. The Morgan fingerprint density at radius 2 is 1.75 bits per heavy atom. The number of carbonyl (C=O) groups excluding carboxylic acids is 1. The van der Waals surface area contributed by atoms with Crippen molar-refractivity contribution in [1.82, 2.24) is 4.90 Å². The molecule has 2 aromatic rings. The molecule has 0 radical (unpaired) electrons. The number of aliphatic hydroxyl groups excluding tert-OH is 2. The monoisotopic (exact) mass is 383 g/mol. The van der Waals surface area contributed by atoms with Gasteiger partial charge in [-0.2, -0.15) is 0 Å². The molecule has 1 spiro atoms. The quantitative estimate of drug-likeness (QED) is 0.852. The molecule has 1 amide bonds. The molecular weight excluding hydrogens is 358 g/mol. The number of benzene rings is 2. The zero-order valence-electron chi connectivity index (χ0n) is 15.7. The SMILES string of the molecule is O=C(c1cccc(Oc2ccccc2)c1)N1CCC2(CC1)OCC[C@H](O)[C@@H]2O. The molecule has 6 nitrogen and oxygen atoms in total. The molecule has 2 fully saturated rings. The molecule has 2 N–H and O–H groups in total. The number of aliphatic hydroxyl groups is 2. The van der Waals surface area contributed by atoms with Gasteiger partial charge in [0, 0.05) is 18.7 Å². The summed E-state index contributed by atoms with van der Waals surface area (Å²) in [6.45, 7) is 1.39. The Labute approximate surface area is 164 Å². The van der Waals surface area contributed by atoms with Gasteiger partial charge in [0.2, 0.25) is 0 Å². The predicted molar refractivity (Wildman–Crippen MR) is 103 cm³/mol. The maximum atomic E-state index is 12.9. The predicted octanol–water partition coefficient (Wildman–Crippen LogP) is 2.60. The lowest BCUT2D eigenvalue weighted by Gasteiger charge is -2.48. The molecule has 2 aromatic carbocycles. The van der Waals surface area contributed by atoms with Crippen molar-refractivity contribution in [2.45, 2.75) is 37.1 Å². The number of carbonyl (C=O) groups is 1. The van der Waals surface area contributed by atoms with E-state index in [4.69, 9.17) is 9.47 Å². The molecule has 2 saturated heterocycles. The first-order chi connectivity index (χ1) is 13.6. The molecule has 28 heavy (non-hydrogen) atoms. The van der Waals surface area contributed by atoms with Crippen LogP contribution >= 0.6 is 0 Å². The number of para-hydroxylation sites is 1. The van der Waals surface area contributed by atoms with Gasteiger partial charge in [-0.15, -0.1) is 0 Å². The van der Waals surface area contributed by atoms with E-state index in [-0.39, 0.29) is 5.91 Å². The smallest absolute Gasteiger partial charge is 0.253 e. The Kier molecular flexibility index (Phi) is 5.35. The van der Waals surface area contributed by atoms with Gasteiger partial charge in [-0.1, -0.05) is 24.3 Å². The van der Waals surface area contributed by atoms with Crippen LogP contribution in [0.25, 0.3) is 0 Å². The lowest BCUT2D eigenvalue weighted by molar-refractivity contribution is -0.212. The summed E-state index contributed by atoms with van der Waals surface area (Å²) in [5.41, 5.74) is -0.179. The first kappa shape index (κ1) is 18.9. The molecule has 0 aromatic heterocycles. The highest BCUT2D eigenvalue weighted by Gasteiger charge is 2.48. The molecule has 0 saturated carbocycles. The van der Waals surface area contributed by atoms with Crippen molar-refractivity contribution in [3.8, 4) is 11.5 Å². The van der Waals surface area contributed by atoms with E-state index >= 15 is 0 Å². The molecular formula is C22H25NO5. The molecule has 0 bridgehead atoms. The van der Waals surface area contributed by atoms with Gasteiger partial charge >= 0.3 is 0 Å². The van der Waals surface area contributed by atoms with Crippen molar-refractivity contribution in [2.24, 2.45) is 0 Å². The first-order valence-corrected chi connectivity index (χ1v) is 9.70. The average molecular weight is 383 g/mol. The molecule has 0 unspecified atom stereocenters. The number of ether oxygens (including phenoxy) is 2. The summed E-state index contributed by atoms with van der Waals surface area (Å²) in [6.07, 6.45) is -0.197. The van der Waals surface area contributed by atoms with E-state index in [1.54, 1.807) is 23.1 Å². The Bertz CT molecular complexity index is 817. The fourth-order valence-corrected chi connectivity index (χ4v) is 4.01. The van der Waals surface area contributed by atoms with Gasteiger partial charge in [0.15, 0.2) is 0 Å². The summed E-state index contributed by atoms with van der Waals surface area (Å²) < 4.78 is 11.7. The number of nitrogens with zero attached hydrogens (tertiary/aromatic N) is 1. The maximum absolute atomic E-state index is 12.9. The van der Waals surface area contributed by atoms with Crippen molar-refractivity contribution in [3.63, 3.8) is 0 Å². The normalized spacial score (nSPS) is 24.1. The minimum Gasteiger partial charge on any atom is -0.457 e. The fraction of sp³-hybridized carbons (Fsp3) is 0.409. The largest absolute Gasteiger partial charge is 0.457 e. The van der Waals surface area contributed by atoms with Crippen LogP contribution in [0, 0.1) is 0 Å². The number of hydrogen-bond acceptors (Lipinski definition) is 5. The van der Waals surface area contributed by atoms with Gasteiger partial charge in [0.05, 0.1) is 18.3 Å². The van der Waals surface area contributed by atoms with E-state index in [1.807, 2.05) is 36.4 Å². The molecule has 4 rings (SSSR count). The lowest BCUT2D eigenvalue weighted by Crippen LogP contribution is -2.60. The highest BCUT2D eigenvalue weighted by Crippen LogP contribution is 2.36. The Morgan fingerprint density at radius 1 is 1.04 bits per heavy atom. The summed E-state index contributed by atoms with van der Waals surface area (Å²) in [5.74, 6) is 1.26. The van der Waals surface area contributed by atoms with Crippen molar-refractivity contribution < 1.29 is 24.5 Å². The zero-order chi connectivity index (χ0) is 19.6. The fourth-order valence-electron chi connectivity index (χ4n) is 4.01. The van der Waals surface area contributed by atoms with Crippen molar-refractivity contribution in [2.75, 3.05) is 19.7 Å². The van der Waals surface area contributed by atoms with Crippen LogP contribution in [-0.2, 0) is 4.74 Å². The van der Waals surface area contributed by atoms with Crippen LogP contribution in [0.2, 0.25) is 0 Å². The van der Waals surface area contributed by atoms with Gasteiger partial charge in [-0.25, -0.2) is 0 Å². The van der Waals surface area contributed by atoms with Crippen molar-refractivity contribution in [1.29, 1.82) is 0 Å². The van der Waals surface area contributed by atoms with Crippen LogP contribution < -0.4 is 4.74 Å². The number of amides is 1. The van der Waals surface area contributed by atoms with Gasteiger partial charge in [0.1, 0.15) is 17.6 Å². The number of piperidine rings is 1. The summed E-state index contributed by atoms with van der Waals surface area (Å²) in [7, 11) is 0. The number of likely N-dealkylation sites (tertiary alicyclic amines) is 1. The Hall–Kier alpha value is -2.41. The van der Waals surface area contributed by atoms with Crippen molar-refractivity contribution in [3.05, 3.63) is 60.2 Å². The molecule has 2 aliphatic rings. The molecule has 2 heterocycles. The lowest BCUT2D eigenvalue weighted by atomic mass is 9.80. The standard InChI is InChI=1S/C22H25NO5/c24-19-9-14-27-22(20(19)25)10-12-23(13-11-22)21(26)16-5-4-8-18(15-16)28-17-6-2-1-3-7-17/h1-8,15,19-20,24-25H,9-14H2/t19-,20-/m0/s1. The van der Waals surface area contributed by atoms with Gasteiger partial charge < -0.3 is 24.6 Å². The zero-order valence-corrected chi connectivity index (χ0v) is 15.7. The highest BCUT2D eigenvalue weighted by molar-refractivity contribution is 5.94. The first-order valence-electron chi connectivity index (χ1n) is 9.70. The molecule has 2 aliphatic heterocycles. The third kappa shape index (κ3) is 3.76. The Balaban J connectivity index is 1.42. The van der Waals surface area contributed by atoms with Crippen LogP contribution in [0.1, 0.15) is 29.6 Å². The van der Waals surface area contributed by atoms with E-state index in [0.29, 0.717) is 56.0 Å². The topological polar surface area (TPSA) is 79.2 Å². The second-order valence-corrected chi connectivity index (χ2v) is 7.45. The van der Waals surface area contributed by atoms with E-state index < -0.39 is 17.8 Å². The average Bonchev–Trinajstić information content (AvgIpc) is 2.73. The molecule has 6 heteroatoms. The summed E-state index contributed by atoms with van der Waals surface area (Å²) in [6, 6.07) is 16.6. The highest BCUT2D eigenvalue weighted by atomic mass is 16.5. The van der Waals surface area contributed by atoms with E-state index in [2.05, 4.69) is 0 Å². The molecule has 2 atom stereocenters. The van der Waals surface area contributed by atoms with Gasteiger partial charge in [0.25, 0.3) is 5.91 Å². The number of hydrogen-bond donors (Lipinski definition) is 2. The van der Waals surface area contributed by atoms with Crippen LogP contribution in [0.3, 0.4) is 0 Å². The third-order valence-corrected chi connectivity index (χ3v) is 5.66. The van der Waals surface area contributed by atoms with E-state index in [9.17, 15) is 15.0 Å². The van der Waals surface area contributed by atoms with E-state index in [0.717, 1.165) is 0 Å². The van der Waals surface area contributed by atoms with Crippen LogP contribution in [-0.4, -0.2) is 58.5 Å². The maximum Gasteiger partial charge on any atom is 0.253 e. The minimum absolute atomic E-state index is 0.0702. The second-order valence-electron chi connectivity index (χ2n) is 7.45. The van der Waals surface area contributed by atoms with E-state index in [1.165, 1.54) is 0 Å². The summed E-state index contributed by atoms with van der Waals surface area (Å²) in [5, 5.41) is 20.4.